The fraction of sp³-hybridized carbons (Fsp3) is 0.207. The van der Waals surface area contributed by atoms with Crippen LogP contribution in [0.25, 0.3) is 6.08 Å². The van der Waals surface area contributed by atoms with Gasteiger partial charge in [-0.1, -0.05) is 30.3 Å². The molecule has 1 N–H and O–H groups in total. The molecule has 0 saturated carbocycles. The number of ether oxygens (including phenoxy) is 2. The topological polar surface area (TPSA) is 88.2 Å². The van der Waals surface area contributed by atoms with Crippen molar-refractivity contribution in [2.45, 2.75) is 18.3 Å². The Labute approximate surface area is 225 Å². The number of hydrogen-bond acceptors (Lipinski definition) is 6. The third-order valence-corrected chi connectivity index (χ3v) is 7.80. The van der Waals surface area contributed by atoms with Crippen molar-refractivity contribution in [3.8, 4) is 11.5 Å². The molecule has 0 aromatic heterocycles. The summed E-state index contributed by atoms with van der Waals surface area (Å²) in [5, 5.41) is 2.56. The van der Waals surface area contributed by atoms with Crippen molar-refractivity contribution in [1.82, 2.24) is 4.90 Å². The number of nitrogens with zero attached hydrogens (tertiary/aromatic N) is 2. The van der Waals surface area contributed by atoms with E-state index in [9.17, 15) is 27.6 Å². The molecular weight excluding hydrogens is 527 g/mol. The van der Waals surface area contributed by atoms with E-state index in [1.54, 1.807) is 35.4 Å². The Bertz CT molecular complexity index is 1620. The molecular formula is C29H20F3N3O5. The van der Waals surface area contributed by atoms with Gasteiger partial charge in [-0.15, -0.1) is 0 Å². The Morgan fingerprint density at radius 1 is 0.900 bits per heavy atom. The largest absolute Gasteiger partial charge is 0.454 e. The van der Waals surface area contributed by atoms with E-state index in [1.807, 2.05) is 24.3 Å². The first kappa shape index (κ1) is 24.3. The minimum Gasteiger partial charge on any atom is -0.454 e. The maximum absolute atomic E-state index is 14.0. The van der Waals surface area contributed by atoms with Crippen LogP contribution in [0.15, 0.2) is 72.9 Å². The molecule has 4 aliphatic rings. The van der Waals surface area contributed by atoms with Crippen molar-refractivity contribution < 1.29 is 37.0 Å². The van der Waals surface area contributed by atoms with Gasteiger partial charge in [-0.05, 0) is 47.5 Å². The summed E-state index contributed by atoms with van der Waals surface area (Å²) in [4.78, 5) is 44.4. The molecule has 4 atom stereocenters. The predicted octanol–water partition coefficient (Wildman–Crippen LogP) is 4.59. The van der Waals surface area contributed by atoms with Gasteiger partial charge in [-0.3, -0.25) is 14.4 Å². The lowest BCUT2D eigenvalue weighted by atomic mass is 9.84. The Morgan fingerprint density at radius 3 is 2.50 bits per heavy atom. The summed E-state index contributed by atoms with van der Waals surface area (Å²) >= 11 is 0. The molecule has 0 bridgehead atoms. The maximum atomic E-state index is 14.0. The summed E-state index contributed by atoms with van der Waals surface area (Å²) in [6.45, 7) is 0.0177. The molecule has 2 saturated heterocycles. The van der Waals surface area contributed by atoms with Gasteiger partial charge in [0.1, 0.15) is 6.04 Å². The lowest BCUT2D eigenvalue weighted by Gasteiger charge is -2.35. The number of rotatable bonds is 3. The summed E-state index contributed by atoms with van der Waals surface area (Å²) in [5.74, 6) is -2.83. The quantitative estimate of drug-likeness (QED) is 0.483. The average molecular weight is 547 g/mol. The normalized spacial score (nSPS) is 24.2. The van der Waals surface area contributed by atoms with Crippen LogP contribution in [-0.4, -0.2) is 35.5 Å². The number of amides is 3. The van der Waals surface area contributed by atoms with E-state index in [4.69, 9.17) is 9.47 Å². The lowest BCUT2D eigenvalue weighted by molar-refractivity contribution is -0.137. The summed E-state index contributed by atoms with van der Waals surface area (Å²) in [5.41, 5.74) is 0.939. The summed E-state index contributed by atoms with van der Waals surface area (Å²) in [7, 11) is 0. The monoisotopic (exact) mass is 547 g/mol. The number of carbonyl (C=O) groups is 3. The molecule has 2 fully saturated rings. The number of anilines is 2. The van der Waals surface area contributed by atoms with Gasteiger partial charge >= 0.3 is 6.18 Å². The number of carbonyl (C=O) groups excluding carboxylic acids is 3. The van der Waals surface area contributed by atoms with Crippen molar-refractivity contribution in [1.29, 1.82) is 0 Å². The van der Waals surface area contributed by atoms with Crippen molar-refractivity contribution in [2.75, 3.05) is 17.0 Å². The zero-order chi connectivity index (χ0) is 27.8. The predicted molar refractivity (Wildman–Crippen MR) is 136 cm³/mol. The van der Waals surface area contributed by atoms with Gasteiger partial charge in [-0.2, -0.15) is 13.2 Å². The number of fused-ring (bicyclic) bond motifs is 6. The molecule has 8 nitrogen and oxygen atoms in total. The number of alkyl halides is 3. The van der Waals surface area contributed by atoms with Crippen LogP contribution in [0, 0.1) is 11.8 Å². The first-order chi connectivity index (χ1) is 19.2. The number of halogens is 3. The van der Waals surface area contributed by atoms with E-state index in [-0.39, 0.29) is 18.2 Å². The van der Waals surface area contributed by atoms with Crippen LogP contribution in [0.2, 0.25) is 0 Å². The van der Waals surface area contributed by atoms with Gasteiger partial charge in [-0.25, -0.2) is 4.90 Å². The standard InChI is InChI=1S/C29H20F3N3O5/c30-29(31,32)16-5-3-6-17(12-16)33-26(36)25-23-22(24-19-7-2-1-4-15(19)10-11-34(24)25)27(37)35(28(23)38)18-8-9-20-21(13-18)40-14-39-20/h1-13,22-25H,14H2,(H,33,36)/t22-,23+,24?,25-/m0/s1. The third-order valence-electron chi connectivity index (χ3n) is 7.80. The van der Waals surface area contributed by atoms with E-state index in [0.717, 1.165) is 28.2 Å². The lowest BCUT2D eigenvalue weighted by Crippen LogP contribution is -2.46. The molecule has 0 radical (unpaired) electrons. The Hall–Kier alpha value is -4.80. The van der Waals surface area contributed by atoms with Gasteiger partial charge in [0.25, 0.3) is 0 Å². The molecule has 7 rings (SSSR count). The first-order valence-electron chi connectivity index (χ1n) is 12.5. The summed E-state index contributed by atoms with van der Waals surface area (Å²) in [6.07, 6.45) is -1.13. The molecule has 40 heavy (non-hydrogen) atoms. The molecule has 1 unspecified atom stereocenters. The molecule has 4 heterocycles. The van der Waals surface area contributed by atoms with E-state index in [0.29, 0.717) is 11.5 Å². The molecule has 202 valence electrons. The minimum atomic E-state index is -4.59. The van der Waals surface area contributed by atoms with E-state index < -0.39 is 53.4 Å². The Balaban J connectivity index is 1.29. The molecule has 4 aliphatic heterocycles. The highest BCUT2D eigenvalue weighted by Gasteiger charge is 2.64. The van der Waals surface area contributed by atoms with Crippen LogP contribution in [0.5, 0.6) is 11.5 Å². The van der Waals surface area contributed by atoms with Crippen molar-refractivity contribution >= 4 is 35.2 Å². The second kappa shape index (κ2) is 8.60. The van der Waals surface area contributed by atoms with Crippen molar-refractivity contribution in [3.05, 3.63) is 89.6 Å². The Kier molecular flexibility index (Phi) is 5.22. The molecule has 0 spiro atoms. The Morgan fingerprint density at radius 2 is 1.68 bits per heavy atom. The SMILES string of the molecule is O=C(Nc1cccc(C(F)(F)F)c1)[C@@H]1[C@@H]2C(=O)N(c3ccc4c(c3)OCO4)C(=O)[C@@H]2C2c3ccccc3C=CN21. The van der Waals surface area contributed by atoms with Crippen LogP contribution in [0.3, 0.4) is 0 Å². The van der Waals surface area contributed by atoms with E-state index >= 15 is 0 Å². The van der Waals surface area contributed by atoms with Crippen molar-refractivity contribution in [3.63, 3.8) is 0 Å². The van der Waals surface area contributed by atoms with Crippen LogP contribution < -0.4 is 19.7 Å². The molecule has 11 heteroatoms. The van der Waals surface area contributed by atoms with Gasteiger partial charge in [0.2, 0.25) is 24.5 Å². The molecule has 3 amide bonds. The van der Waals surface area contributed by atoms with Gasteiger partial charge in [0, 0.05) is 18.0 Å². The summed E-state index contributed by atoms with van der Waals surface area (Å²) < 4.78 is 50.6. The van der Waals surface area contributed by atoms with Gasteiger partial charge in [0.05, 0.1) is 29.1 Å². The average Bonchev–Trinajstić information content (AvgIpc) is 3.61. The highest BCUT2D eigenvalue weighted by Crippen LogP contribution is 2.53. The second-order valence-electron chi connectivity index (χ2n) is 9.95. The van der Waals surface area contributed by atoms with E-state index in [1.165, 1.54) is 12.1 Å². The number of hydrogen-bond donors (Lipinski definition) is 1. The van der Waals surface area contributed by atoms with Gasteiger partial charge < -0.3 is 19.7 Å². The van der Waals surface area contributed by atoms with Crippen molar-refractivity contribution in [2.24, 2.45) is 11.8 Å². The highest BCUT2D eigenvalue weighted by atomic mass is 19.4. The third kappa shape index (κ3) is 3.57. The molecule has 3 aromatic carbocycles. The second-order valence-corrected chi connectivity index (χ2v) is 9.95. The van der Waals surface area contributed by atoms with Crippen LogP contribution in [-0.2, 0) is 20.6 Å². The zero-order valence-electron chi connectivity index (χ0n) is 20.6. The van der Waals surface area contributed by atoms with Crippen LogP contribution >= 0.6 is 0 Å². The summed E-state index contributed by atoms with van der Waals surface area (Å²) in [6, 6.07) is 14.6. The van der Waals surface area contributed by atoms with Crippen LogP contribution in [0.4, 0.5) is 24.5 Å². The fourth-order valence-corrected chi connectivity index (χ4v) is 6.13. The maximum Gasteiger partial charge on any atom is 0.416 e. The van der Waals surface area contributed by atoms with Crippen LogP contribution in [0.1, 0.15) is 22.7 Å². The zero-order valence-corrected chi connectivity index (χ0v) is 20.6. The van der Waals surface area contributed by atoms with Gasteiger partial charge in [0.15, 0.2) is 11.5 Å². The van der Waals surface area contributed by atoms with E-state index in [2.05, 4.69) is 5.32 Å². The minimum absolute atomic E-state index is 0.0177. The first-order valence-corrected chi connectivity index (χ1v) is 12.5. The highest BCUT2D eigenvalue weighted by molar-refractivity contribution is 6.24. The number of imide groups is 1. The number of benzene rings is 3. The number of nitrogens with one attached hydrogen (secondary N) is 1. The fourth-order valence-electron chi connectivity index (χ4n) is 6.13. The molecule has 0 aliphatic carbocycles. The smallest absolute Gasteiger partial charge is 0.416 e. The molecule has 3 aromatic rings.